The minimum Gasteiger partial charge on any atom is -0.395 e. The van der Waals surface area contributed by atoms with Gasteiger partial charge in [-0.05, 0) is 18.6 Å². The van der Waals surface area contributed by atoms with E-state index >= 15 is 0 Å². The first-order chi connectivity index (χ1) is 8.19. The van der Waals surface area contributed by atoms with Gasteiger partial charge in [0.2, 0.25) is 0 Å². The molecule has 3 N–H and O–H groups in total. The van der Waals surface area contributed by atoms with E-state index in [9.17, 15) is 0 Å². The van der Waals surface area contributed by atoms with Crippen molar-refractivity contribution in [1.82, 2.24) is 4.98 Å². The van der Waals surface area contributed by atoms with Gasteiger partial charge in [0.05, 0.1) is 12.3 Å². The van der Waals surface area contributed by atoms with E-state index in [0.717, 1.165) is 25.1 Å². The van der Waals surface area contributed by atoms with Gasteiger partial charge in [-0.1, -0.05) is 25.6 Å². The Morgan fingerprint density at radius 3 is 2.88 bits per heavy atom. The molecule has 0 aliphatic rings. The van der Waals surface area contributed by atoms with Crippen molar-refractivity contribution in [3.8, 4) is 0 Å². The summed E-state index contributed by atoms with van der Waals surface area (Å²) < 4.78 is 0. The average molecular weight is 253 g/mol. The molecule has 0 spiro atoms. The topological polar surface area (TPSA) is 62.4 Å². The number of hydrogen-bond donors (Lipinski definition) is 2. The van der Waals surface area contributed by atoms with E-state index in [1.807, 2.05) is 12.1 Å². The lowest BCUT2D eigenvalue weighted by Crippen LogP contribution is -2.28. The third-order valence-corrected chi connectivity index (χ3v) is 2.72. The highest BCUT2D eigenvalue weighted by Gasteiger charge is 2.07. The number of hydrogen-bond acceptors (Lipinski definition) is 4. The number of thiocarbonyl (C=S) groups is 1. The van der Waals surface area contributed by atoms with Gasteiger partial charge in [-0.25, -0.2) is 0 Å². The molecule has 1 aromatic heterocycles. The summed E-state index contributed by atoms with van der Waals surface area (Å²) in [6.45, 7) is 3.80. The summed E-state index contributed by atoms with van der Waals surface area (Å²) >= 11 is 4.91. The Bertz CT molecular complexity index is 371. The van der Waals surface area contributed by atoms with Crippen LogP contribution in [0.2, 0.25) is 0 Å². The fourth-order valence-corrected chi connectivity index (χ4v) is 1.70. The summed E-state index contributed by atoms with van der Waals surface area (Å²) in [5.41, 5.74) is 7.18. The fraction of sp³-hybridized carbons (Fsp3) is 0.500. The molecule has 1 aromatic rings. The van der Waals surface area contributed by atoms with Crippen LogP contribution in [0.5, 0.6) is 0 Å². The van der Waals surface area contributed by atoms with Gasteiger partial charge in [-0.2, -0.15) is 0 Å². The molecule has 4 nitrogen and oxygen atoms in total. The molecule has 5 heteroatoms. The number of anilines is 1. The molecule has 0 aliphatic heterocycles. The molecule has 0 amide bonds. The monoisotopic (exact) mass is 253 g/mol. The molecule has 0 radical (unpaired) electrons. The summed E-state index contributed by atoms with van der Waals surface area (Å²) in [5, 5.41) is 9.07. The number of unbranched alkanes of at least 4 members (excludes halogenated alkanes) is 1. The van der Waals surface area contributed by atoms with Crippen molar-refractivity contribution in [2.45, 2.75) is 19.8 Å². The Labute approximate surface area is 107 Å². The summed E-state index contributed by atoms with van der Waals surface area (Å²) in [5.74, 6) is 0. The van der Waals surface area contributed by atoms with Crippen LogP contribution in [-0.2, 0) is 0 Å². The van der Waals surface area contributed by atoms with E-state index in [2.05, 4.69) is 16.8 Å². The lowest BCUT2D eigenvalue weighted by atomic mass is 10.2. The third kappa shape index (κ3) is 4.28. The van der Waals surface area contributed by atoms with Crippen molar-refractivity contribution in [2.24, 2.45) is 5.73 Å². The van der Waals surface area contributed by atoms with Crippen LogP contribution < -0.4 is 10.6 Å². The van der Waals surface area contributed by atoms with E-state index in [1.54, 1.807) is 6.20 Å². The molecule has 0 aromatic carbocycles. The first kappa shape index (κ1) is 13.9. The second-order valence-electron chi connectivity index (χ2n) is 3.83. The highest BCUT2D eigenvalue weighted by molar-refractivity contribution is 7.80. The fourth-order valence-electron chi connectivity index (χ4n) is 1.59. The van der Waals surface area contributed by atoms with Crippen LogP contribution in [-0.4, -0.2) is 34.8 Å². The van der Waals surface area contributed by atoms with Crippen molar-refractivity contribution in [1.29, 1.82) is 0 Å². The molecule has 0 saturated carbocycles. The molecule has 0 aliphatic carbocycles. The van der Waals surface area contributed by atoms with E-state index in [1.165, 1.54) is 0 Å². The molecule has 94 valence electrons. The van der Waals surface area contributed by atoms with Crippen LogP contribution >= 0.6 is 12.2 Å². The Hall–Kier alpha value is -1.20. The SMILES string of the molecule is CCCCN(CCO)c1ccnc(C(N)=S)c1. The largest absolute Gasteiger partial charge is 0.395 e. The van der Waals surface area contributed by atoms with E-state index in [0.29, 0.717) is 17.2 Å². The number of aliphatic hydroxyl groups excluding tert-OH is 1. The highest BCUT2D eigenvalue weighted by Crippen LogP contribution is 2.15. The van der Waals surface area contributed by atoms with Gasteiger partial charge in [0.15, 0.2) is 0 Å². The van der Waals surface area contributed by atoms with Gasteiger partial charge in [0, 0.05) is 25.0 Å². The first-order valence-electron chi connectivity index (χ1n) is 5.80. The third-order valence-electron chi connectivity index (χ3n) is 2.51. The zero-order valence-electron chi connectivity index (χ0n) is 10.1. The summed E-state index contributed by atoms with van der Waals surface area (Å²) in [7, 11) is 0. The number of aromatic nitrogens is 1. The molecular weight excluding hydrogens is 234 g/mol. The minimum atomic E-state index is 0.133. The zero-order chi connectivity index (χ0) is 12.7. The smallest absolute Gasteiger partial charge is 0.122 e. The summed E-state index contributed by atoms with van der Waals surface area (Å²) in [6.07, 6.45) is 3.90. The van der Waals surface area contributed by atoms with Gasteiger partial charge >= 0.3 is 0 Å². The molecule has 0 bridgehead atoms. The lowest BCUT2D eigenvalue weighted by molar-refractivity contribution is 0.301. The molecule has 0 fully saturated rings. The standard InChI is InChI=1S/C12H19N3OS/c1-2-3-6-15(7-8-16)10-4-5-14-11(9-10)12(13)17/h4-5,9,16H,2-3,6-8H2,1H3,(H2,13,17). The van der Waals surface area contributed by atoms with Gasteiger partial charge < -0.3 is 15.7 Å². The van der Waals surface area contributed by atoms with Crippen LogP contribution in [0.3, 0.4) is 0 Å². The quantitative estimate of drug-likeness (QED) is 0.718. The molecule has 0 saturated heterocycles. The highest BCUT2D eigenvalue weighted by atomic mass is 32.1. The van der Waals surface area contributed by atoms with Crippen molar-refractivity contribution >= 4 is 22.9 Å². The maximum atomic E-state index is 9.07. The second kappa shape index (κ2) is 7.19. The molecule has 0 unspecified atom stereocenters. The number of rotatable bonds is 7. The Balaban J connectivity index is 2.84. The van der Waals surface area contributed by atoms with E-state index in [-0.39, 0.29) is 6.61 Å². The van der Waals surface area contributed by atoms with Crippen molar-refractivity contribution in [3.63, 3.8) is 0 Å². The Kier molecular flexibility index (Phi) is 5.86. The van der Waals surface area contributed by atoms with Gasteiger partial charge in [-0.15, -0.1) is 0 Å². The van der Waals surface area contributed by atoms with Crippen molar-refractivity contribution < 1.29 is 5.11 Å². The normalized spacial score (nSPS) is 10.2. The minimum absolute atomic E-state index is 0.133. The van der Waals surface area contributed by atoms with Crippen LogP contribution in [0.4, 0.5) is 5.69 Å². The molecular formula is C12H19N3OS. The number of pyridine rings is 1. The van der Waals surface area contributed by atoms with Crippen molar-refractivity contribution in [2.75, 3.05) is 24.6 Å². The predicted octanol–water partition coefficient (Wildman–Crippen LogP) is 1.31. The molecule has 1 rings (SSSR count). The summed E-state index contributed by atoms with van der Waals surface area (Å²) in [4.78, 5) is 6.52. The van der Waals surface area contributed by atoms with Crippen LogP contribution in [0.15, 0.2) is 18.3 Å². The van der Waals surface area contributed by atoms with Gasteiger partial charge in [-0.3, -0.25) is 4.98 Å². The second-order valence-corrected chi connectivity index (χ2v) is 4.27. The lowest BCUT2D eigenvalue weighted by Gasteiger charge is -2.24. The predicted molar refractivity (Wildman–Crippen MR) is 74.3 cm³/mol. The number of nitrogens with two attached hydrogens (primary N) is 1. The van der Waals surface area contributed by atoms with Gasteiger partial charge in [0.25, 0.3) is 0 Å². The number of aliphatic hydroxyl groups is 1. The first-order valence-corrected chi connectivity index (χ1v) is 6.21. The number of nitrogens with zero attached hydrogens (tertiary/aromatic N) is 2. The Morgan fingerprint density at radius 2 is 2.29 bits per heavy atom. The van der Waals surface area contributed by atoms with E-state index in [4.69, 9.17) is 23.1 Å². The Morgan fingerprint density at radius 1 is 1.53 bits per heavy atom. The van der Waals surface area contributed by atoms with Crippen LogP contribution in [0, 0.1) is 0 Å². The zero-order valence-corrected chi connectivity index (χ0v) is 10.9. The van der Waals surface area contributed by atoms with Crippen LogP contribution in [0.1, 0.15) is 25.5 Å². The molecule has 1 heterocycles. The summed E-state index contributed by atoms with van der Waals surface area (Å²) in [6, 6.07) is 3.78. The van der Waals surface area contributed by atoms with Gasteiger partial charge in [0.1, 0.15) is 4.99 Å². The van der Waals surface area contributed by atoms with Crippen LogP contribution in [0.25, 0.3) is 0 Å². The molecule has 17 heavy (non-hydrogen) atoms. The van der Waals surface area contributed by atoms with Crippen molar-refractivity contribution in [3.05, 3.63) is 24.0 Å². The maximum Gasteiger partial charge on any atom is 0.122 e. The maximum absolute atomic E-state index is 9.07. The molecule has 0 atom stereocenters. The average Bonchev–Trinajstić information content (AvgIpc) is 2.34. The van der Waals surface area contributed by atoms with E-state index < -0.39 is 0 Å².